The van der Waals surface area contributed by atoms with Crippen LogP contribution in [0.4, 0.5) is 0 Å². The van der Waals surface area contributed by atoms with E-state index in [1.807, 2.05) is 48.0 Å². The summed E-state index contributed by atoms with van der Waals surface area (Å²) in [5.74, 6) is 0.715. The van der Waals surface area contributed by atoms with E-state index in [0.717, 1.165) is 28.2 Å². The normalized spacial score (nSPS) is 10.8. The van der Waals surface area contributed by atoms with Gasteiger partial charge in [-0.25, -0.2) is 4.68 Å². The molecule has 0 atom stereocenters. The van der Waals surface area contributed by atoms with Crippen molar-refractivity contribution in [2.45, 2.75) is 26.9 Å². The molecule has 150 valence electrons. The maximum atomic E-state index is 8.89. The van der Waals surface area contributed by atoms with Crippen molar-refractivity contribution in [3.05, 3.63) is 82.7 Å². The van der Waals surface area contributed by atoms with Gasteiger partial charge in [0.2, 0.25) is 0 Å². The zero-order valence-electron chi connectivity index (χ0n) is 16.8. The van der Waals surface area contributed by atoms with Crippen LogP contribution in [0.3, 0.4) is 0 Å². The van der Waals surface area contributed by atoms with Crippen molar-refractivity contribution in [3.63, 3.8) is 0 Å². The predicted octanol–water partition coefficient (Wildman–Crippen LogP) is 3.84. The van der Waals surface area contributed by atoms with Crippen LogP contribution < -0.4 is 10.6 Å². The molecule has 2 aromatic carbocycles. The van der Waals surface area contributed by atoms with E-state index in [2.05, 4.69) is 51.9 Å². The second-order valence-corrected chi connectivity index (χ2v) is 6.56. The number of aryl methyl sites for hydroxylation is 2. The van der Waals surface area contributed by atoms with E-state index >= 15 is 0 Å². The molecule has 0 spiro atoms. The zero-order chi connectivity index (χ0) is 19.9. The summed E-state index contributed by atoms with van der Waals surface area (Å²) in [7, 11) is 1.75. The summed E-state index contributed by atoms with van der Waals surface area (Å²) in [6.45, 7) is 5.31. The van der Waals surface area contributed by atoms with Crippen molar-refractivity contribution in [2.24, 2.45) is 4.99 Å². The monoisotopic (exact) mass is 500 g/mol. The van der Waals surface area contributed by atoms with Crippen molar-refractivity contribution in [3.8, 4) is 11.8 Å². The maximum absolute atomic E-state index is 8.89. The Labute approximate surface area is 188 Å². The van der Waals surface area contributed by atoms with Gasteiger partial charge in [0.15, 0.2) is 5.96 Å². The predicted molar refractivity (Wildman–Crippen MR) is 127 cm³/mol. The largest absolute Gasteiger partial charge is 0.352 e. The van der Waals surface area contributed by atoms with Crippen LogP contribution in [0.2, 0.25) is 0 Å². The van der Waals surface area contributed by atoms with E-state index < -0.39 is 0 Å². The Hall–Kier alpha value is -2.86. The number of aliphatic imine (C=N–C) groups is 1. The Kier molecular flexibility index (Phi) is 8.21. The minimum atomic E-state index is 0. The van der Waals surface area contributed by atoms with Gasteiger partial charge in [0.25, 0.3) is 0 Å². The lowest BCUT2D eigenvalue weighted by atomic mass is 10.1. The molecule has 0 saturated carbocycles. The Morgan fingerprint density at radius 1 is 1.07 bits per heavy atom. The summed E-state index contributed by atoms with van der Waals surface area (Å²) < 4.78 is 1.97. The molecule has 3 rings (SSSR count). The standard InChI is InChI=1S/C22H24N6.HI/c1-16-12-17(2)28(27-16)21-7-5-4-6-20(21)15-26-22(24-3)25-14-19-10-8-18(13-23)9-11-19;/h4-12H,14-15H2,1-3H3,(H2,24,25,26);1H. The molecule has 0 bridgehead atoms. The van der Waals surface area contributed by atoms with Gasteiger partial charge >= 0.3 is 0 Å². The average molecular weight is 500 g/mol. The SMILES string of the molecule is CN=C(NCc1ccc(C#N)cc1)NCc1ccccc1-n1nc(C)cc1C.I. The summed E-state index contributed by atoms with van der Waals surface area (Å²) in [5.41, 5.74) is 6.05. The van der Waals surface area contributed by atoms with Crippen molar-refractivity contribution in [1.29, 1.82) is 5.26 Å². The quantitative estimate of drug-likeness (QED) is 0.317. The topological polar surface area (TPSA) is 78.0 Å². The molecule has 0 amide bonds. The van der Waals surface area contributed by atoms with Crippen LogP contribution in [-0.2, 0) is 13.1 Å². The van der Waals surface area contributed by atoms with Crippen molar-refractivity contribution in [1.82, 2.24) is 20.4 Å². The molecule has 1 heterocycles. The number of nitrogens with zero attached hydrogens (tertiary/aromatic N) is 4. The highest BCUT2D eigenvalue weighted by atomic mass is 127. The molecular formula is C22H25IN6. The summed E-state index contributed by atoms with van der Waals surface area (Å²) in [6.07, 6.45) is 0. The summed E-state index contributed by atoms with van der Waals surface area (Å²) in [4.78, 5) is 4.30. The van der Waals surface area contributed by atoms with Crippen LogP contribution in [0.5, 0.6) is 0 Å². The van der Waals surface area contributed by atoms with E-state index in [9.17, 15) is 0 Å². The van der Waals surface area contributed by atoms with Gasteiger partial charge in [0.05, 0.1) is 23.0 Å². The maximum Gasteiger partial charge on any atom is 0.191 e. The fourth-order valence-corrected chi connectivity index (χ4v) is 3.02. The van der Waals surface area contributed by atoms with Crippen molar-refractivity contribution >= 4 is 29.9 Å². The smallest absolute Gasteiger partial charge is 0.191 e. The van der Waals surface area contributed by atoms with Gasteiger partial charge in [-0.05, 0) is 49.2 Å². The van der Waals surface area contributed by atoms with Gasteiger partial charge in [-0.2, -0.15) is 10.4 Å². The van der Waals surface area contributed by atoms with Crippen molar-refractivity contribution < 1.29 is 0 Å². The second-order valence-electron chi connectivity index (χ2n) is 6.56. The Balaban J connectivity index is 0.00000300. The number of guanidine groups is 1. The second kappa shape index (κ2) is 10.6. The lowest BCUT2D eigenvalue weighted by molar-refractivity contribution is 0.781. The molecule has 0 aliphatic rings. The zero-order valence-corrected chi connectivity index (χ0v) is 19.1. The molecule has 0 saturated heterocycles. The van der Waals surface area contributed by atoms with Gasteiger partial charge in [0, 0.05) is 25.8 Å². The summed E-state index contributed by atoms with van der Waals surface area (Å²) in [6, 6.07) is 19.9. The van der Waals surface area contributed by atoms with E-state index in [-0.39, 0.29) is 24.0 Å². The van der Waals surface area contributed by atoms with E-state index in [4.69, 9.17) is 5.26 Å². The number of nitrogens with one attached hydrogen (secondary N) is 2. The van der Waals surface area contributed by atoms with E-state index in [0.29, 0.717) is 24.6 Å². The van der Waals surface area contributed by atoms with Gasteiger partial charge < -0.3 is 10.6 Å². The van der Waals surface area contributed by atoms with Gasteiger partial charge in [-0.3, -0.25) is 4.99 Å². The third-order valence-electron chi connectivity index (χ3n) is 4.44. The van der Waals surface area contributed by atoms with Crippen LogP contribution >= 0.6 is 24.0 Å². The number of aromatic nitrogens is 2. The number of benzene rings is 2. The molecule has 0 aliphatic carbocycles. The Bertz CT molecular complexity index is 1010. The summed E-state index contributed by atoms with van der Waals surface area (Å²) >= 11 is 0. The van der Waals surface area contributed by atoms with E-state index in [1.165, 1.54) is 0 Å². The molecule has 0 radical (unpaired) electrons. The molecule has 6 nitrogen and oxygen atoms in total. The molecular weight excluding hydrogens is 475 g/mol. The molecule has 3 aromatic rings. The summed E-state index contributed by atoms with van der Waals surface area (Å²) in [5, 5.41) is 20.1. The van der Waals surface area contributed by atoms with Crippen LogP contribution in [0, 0.1) is 25.2 Å². The van der Waals surface area contributed by atoms with Gasteiger partial charge in [-0.1, -0.05) is 30.3 Å². The molecule has 29 heavy (non-hydrogen) atoms. The third-order valence-corrected chi connectivity index (χ3v) is 4.44. The van der Waals surface area contributed by atoms with Crippen molar-refractivity contribution in [2.75, 3.05) is 7.05 Å². The fraction of sp³-hybridized carbons (Fsp3) is 0.227. The molecule has 0 aliphatic heterocycles. The first-order chi connectivity index (χ1) is 13.6. The Morgan fingerprint density at radius 2 is 1.76 bits per heavy atom. The number of hydrogen-bond acceptors (Lipinski definition) is 3. The molecule has 1 aromatic heterocycles. The molecule has 0 fully saturated rings. The van der Waals surface area contributed by atoms with Crippen LogP contribution in [0.1, 0.15) is 28.1 Å². The van der Waals surface area contributed by atoms with Gasteiger partial charge in [0.1, 0.15) is 0 Å². The van der Waals surface area contributed by atoms with Crippen LogP contribution in [0.15, 0.2) is 59.6 Å². The first kappa shape index (κ1) is 22.4. The number of nitriles is 1. The molecule has 0 unspecified atom stereocenters. The number of hydrogen-bond donors (Lipinski definition) is 2. The molecule has 7 heteroatoms. The fourth-order valence-electron chi connectivity index (χ4n) is 3.02. The number of halogens is 1. The van der Waals surface area contributed by atoms with Crippen LogP contribution in [0.25, 0.3) is 5.69 Å². The average Bonchev–Trinajstić information content (AvgIpc) is 3.06. The highest BCUT2D eigenvalue weighted by Crippen LogP contribution is 2.16. The number of rotatable bonds is 5. The third kappa shape index (κ3) is 5.81. The molecule has 2 N–H and O–H groups in total. The Morgan fingerprint density at radius 3 is 2.38 bits per heavy atom. The highest BCUT2D eigenvalue weighted by molar-refractivity contribution is 14.0. The number of para-hydroxylation sites is 1. The van der Waals surface area contributed by atoms with E-state index in [1.54, 1.807) is 7.05 Å². The minimum absolute atomic E-state index is 0. The first-order valence-corrected chi connectivity index (χ1v) is 9.16. The minimum Gasteiger partial charge on any atom is -0.352 e. The lowest BCUT2D eigenvalue weighted by Gasteiger charge is -2.15. The first-order valence-electron chi connectivity index (χ1n) is 9.16. The lowest BCUT2D eigenvalue weighted by Crippen LogP contribution is -2.36. The van der Waals surface area contributed by atoms with Crippen LogP contribution in [-0.4, -0.2) is 22.8 Å². The highest BCUT2D eigenvalue weighted by Gasteiger charge is 2.09. The van der Waals surface area contributed by atoms with Gasteiger partial charge in [-0.15, -0.1) is 24.0 Å².